The first kappa shape index (κ1) is 22.9. The summed E-state index contributed by atoms with van der Waals surface area (Å²) in [5.41, 5.74) is 0.729. The van der Waals surface area contributed by atoms with E-state index in [2.05, 4.69) is 21.2 Å². The smallest absolute Gasteiger partial charge is 0.261 e. The van der Waals surface area contributed by atoms with Crippen molar-refractivity contribution in [3.8, 4) is 5.75 Å². The second-order valence-electron chi connectivity index (χ2n) is 7.21. The highest BCUT2D eigenvalue weighted by Gasteiger charge is 2.26. The largest absolute Gasteiger partial charge is 0.484 e. The Morgan fingerprint density at radius 1 is 1.07 bits per heavy atom. The van der Waals surface area contributed by atoms with Gasteiger partial charge in [-0.15, -0.1) is 0 Å². The number of halogens is 2. The molecule has 0 heterocycles. The van der Waals surface area contributed by atoms with Gasteiger partial charge in [0.05, 0.1) is 0 Å². The predicted octanol–water partition coefficient (Wildman–Crippen LogP) is 4.16. The zero-order valence-corrected chi connectivity index (χ0v) is 18.4. The molecule has 2 aromatic rings. The minimum atomic E-state index is -0.695. The lowest BCUT2D eigenvalue weighted by molar-refractivity contribution is -0.142. The van der Waals surface area contributed by atoms with Gasteiger partial charge in [-0.2, -0.15) is 0 Å². The van der Waals surface area contributed by atoms with E-state index in [1.807, 2.05) is 26.0 Å². The van der Waals surface area contributed by atoms with Crippen molar-refractivity contribution >= 4 is 27.7 Å². The number of hydrogen-bond acceptors (Lipinski definition) is 3. The summed E-state index contributed by atoms with van der Waals surface area (Å²) in [5.74, 6) is -0.0662. The van der Waals surface area contributed by atoms with E-state index >= 15 is 0 Å². The van der Waals surface area contributed by atoms with Crippen LogP contribution in [0.15, 0.2) is 53.0 Å². The van der Waals surface area contributed by atoms with Gasteiger partial charge < -0.3 is 15.0 Å². The number of carbonyl (C=O) groups excluding carboxylic acids is 2. The van der Waals surface area contributed by atoms with Gasteiger partial charge in [0.2, 0.25) is 5.91 Å². The quantitative estimate of drug-likeness (QED) is 0.605. The van der Waals surface area contributed by atoms with Crippen LogP contribution in [0, 0.1) is 11.7 Å². The lowest BCUT2D eigenvalue weighted by Gasteiger charge is -2.29. The van der Waals surface area contributed by atoms with E-state index in [9.17, 15) is 14.0 Å². The third kappa shape index (κ3) is 7.49. The number of hydrogen-bond donors (Lipinski definition) is 1. The van der Waals surface area contributed by atoms with Crippen LogP contribution in [0.25, 0.3) is 0 Å². The molecule has 0 fully saturated rings. The molecular formula is C22H26BrFN2O3. The Hall–Kier alpha value is -2.41. The van der Waals surface area contributed by atoms with E-state index in [1.54, 1.807) is 31.2 Å². The minimum Gasteiger partial charge on any atom is -0.484 e. The highest BCUT2D eigenvalue weighted by molar-refractivity contribution is 9.10. The first-order chi connectivity index (χ1) is 13.8. The SMILES string of the molecule is CC(C)CNC(=O)[C@H](C)N(Cc1ccc(F)cc1)C(=O)COc1ccc(Br)cc1. The van der Waals surface area contributed by atoms with Gasteiger partial charge in [-0.1, -0.05) is 41.9 Å². The van der Waals surface area contributed by atoms with Gasteiger partial charge in [0.1, 0.15) is 17.6 Å². The second-order valence-corrected chi connectivity index (χ2v) is 8.12. The number of nitrogens with one attached hydrogen (secondary N) is 1. The first-order valence-corrected chi connectivity index (χ1v) is 10.3. The Bertz CT molecular complexity index is 810. The Kier molecular flexibility index (Phi) is 8.64. The molecule has 0 bridgehead atoms. The van der Waals surface area contributed by atoms with Crippen LogP contribution in [0.4, 0.5) is 4.39 Å². The molecule has 0 radical (unpaired) electrons. The summed E-state index contributed by atoms with van der Waals surface area (Å²) in [5, 5.41) is 2.85. The van der Waals surface area contributed by atoms with Gasteiger partial charge in [0.15, 0.2) is 6.61 Å². The highest BCUT2D eigenvalue weighted by atomic mass is 79.9. The van der Waals surface area contributed by atoms with E-state index in [0.29, 0.717) is 18.2 Å². The van der Waals surface area contributed by atoms with E-state index < -0.39 is 6.04 Å². The molecule has 2 rings (SSSR count). The molecule has 0 aliphatic carbocycles. The average molecular weight is 465 g/mol. The Morgan fingerprint density at radius 3 is 2.28 bits per heavy atom. The van der Waals surface area contributed by atoms with Crippen LogP contribution in [-0.2, 0) is 16.1 Å². The summed E-state index contributed by atoms with van der Waals surface area (Å²) >= 11 is 3.35. The predicted molar refractivity (Wildman–Crippen MR) is 114 cm³/mol. The lowest BCUT2D eigenvalue weighted by atomic mass is 10.1. The maximum Gasteiger partial charge on any atom is 0.261 e. The maximum absolute atomic E-state index is 13.2. The molecule has 1 N–H and O–H groups in total. The number of amides is 2. The molecule has 2 amide bonds. The van der Waals surface area contributed by atoms with Crippen LogP contribution in [0.5, 0.6) is 5.75 Å². The summed E-state index contributed by atoms with van der Waals surface area (Å²) in [6.45, 7) is 6.18. The monoisotopic (exact) mass is 464 g/mol. The number of carbonyl (C=O) groups is 2. The normalized spacial score (nSPS) is 11.8. The summed E-state index contributed by atoms with van der Waals surface area (Å²) in [6, 6.07) is 12.3. The number of benzene rings is 2. The molecule has 0 spiro atoms. The molecule has 7 heteroatoms. The summed E-state index contributed by atoms with van der Waals surface area (Å²) in [7, 11) is 0. The fourth-order valence-corrected chi connectivity index (χ4v) is 2.84. The van der Waals surface area contributed by atoms with Crippen molar-refractivity contribution < 1.29 is 18.7 Å². The molecule has 0 saturated heterocycles. The van der Waals surface area contributed by atoms with Gasteiger partial charge in [-0.25, -0.2) is 4.39 Å². The molecule has 0 saturated carbocycles. The molecule has 0 aliphatic heterocycles. The topological polar surface area (TPSA) is 58.6 Å². The zero-order chi connectivity index (χ0) is 21.4. The van der Waals surface area contributed by atoms with Crippen LogP contribution in [-0.4, -0.2) is 35.9 Å². The molecule has 2 aromatic carbocycles. The Morgan fingerprint density at radius 2 is 1.69 bits per heavy atom. The van der Waals surface area contributed by atoms with Crippen LogP contribution < -0.4 is 10.1 Å². The molecule has 0 aliphatic rings. The molecule has 0 unspecified atom stereocenters. The summed E-state index contributed by atoms with van der Waals surface area (Å²) in [6.07, 6.45) is 0. The highest BCUT2D eigenvalue weighted by Crippen LogP contribution is 2.17. The number of nitrogens with zero attached hydrogens (tertiary/aromatic N) is 1. The standard InChI is InChI=1S/C22H26BrFN2O3/c1-15(2)12-25-22(28)16(3)26(13-17-4-8-19(24)9-5-17)21(27)14-29-20-10-6-18(23)7-11-20/h4-11,15-16H,12-14H2,1-3H3,(H,25,28)/t16-/m0/s1. The molecule has 29 heavy (non-hydrogen) atoms. The molecular weight excluding hydrogens is 439 g/mol. The summed E-state index contributed by atoms with van der Waals surface area (Å²) < 4.78 is 19.7. The number of rotatable bonds is 9. The fourth-order valence-electron chi connectivity index (χ4n) is 2.58. The maximum atomic E-state index is 13.2. The van der Waals surface area contributed by atoms with Gasteiger partial charge in [-0.3, -0.25) is 9.59 Å². The van der Waals surface area contributed by atoms with Crippen LogP contribution in [0.1, 0.15) is 26.3 Å². The first-order valence-electron chi connectivity index (χ1n) is 9.46. The average Bonchev–Trinajstić information content (AvgIpc) is 2.70. The van der Waals surface area contributed by atoms with Gasteiger partial charge >= 0.3 is 0 Å². The van der Waals surface area contributed by atoms with Crippen molar-refractivity contribution in [2.24, 2.45) is 5.92 Å². The Labute approximate surface area is 179 Å². The van der Waals surface area contributed by atoms with Crippen LogP contribution in [0.3, 0.4) is 0 Å². The molecule has 156 valence electrons. The molecule has 1 atom stereocenters. The van der Waals surface area contributed by atoms with E-state index in [0.717, 1.165) is 10.0 Å². The van der Waals surface area contributed by atoms with Crippen molar-refractivity contribution in [3.05, 3.63) is 64.4 Å². The van der Waals surface area contributed by atoms with E-state index in [1.165, 1.54) is 17.0 Å². The van der Waals surface area contributed by atoms with Gasteiger partial charge in [0, 0.05) is 17.6 Å². The molecule has 5 nitrogen and oxygen atoms in total. The Balaban J connectivity index is 2.10. The fraction of sp³-hybridized carbons (Fsp3) is 0.364. The lowest BCUT2D eigenvalue weighted by Crippen LogP contribution is -2.49. The van der Waals surface area contributed by atoms with E-state index in [-0.39, 0.29) is 30.8 Å². The second kappa shape index (κ2) is 11.0. The van der Waals surface area contributed by atoms with E-state index in [4.69, 9.17) is 4.74 Å². The number of ether oxygens (including phenoxy) is 1. The zero-order valence-electron chi connectivity index (χ0n) is 16.8. The van der Waals surface area contributed by atoms with Crippen LogP contribution in [0.2, 0.25) is 0 Å². The van der Waals surface area contributed by atoms with Gasteiger partial charge in [-0.05, 0) is 54.8 Å². The summed E-state index contributed by atoms with van der Waals surface area (Å²) in [4.78, 5) is 26.9. The minimum absolute atomic E-state index is 0.180. The third-order valence-corrected chi connectivity index (χ3v) is 4.82. The van der Waals surface area contributed by atoms with Gasteiger partial charge in [0.25, 0.3) is 5.91 Å². The third-order valence-electron chi connectivity index (χ3n) is 4.29. The molecule has 0 aromatic heterocycles. The van der Waals surface area contributed by atoms with Crippen molar-refractivity contribution in [1.82, 2.24) is 10.2 Å². The van der Waals surface area contributed by atoms with Crippen molar-refractivity contribution in [2.45, 2.75) is 33.4 Å². The van der Waals surface area contributed by atoms with Crippen LogP contribution >= 0.6 is 15.9 Å². The van der Waals surface area contributed by atoms with Crippen molar-refractivity contribution in [3.63, 3.8) is 0 Å². The van der Waals surface area contributed by atoms with Crippen molar-refractivity contribution in [1.29, 1.82) is 0 Å². The van der Waals surface area contributed by atoms with Crippen molar-refractivity contribution in [2.75, 3.05) is 13.2 Å².